The number of piperazine rings is 1. The number of carbonyl (C=O) groups excluding carboxylic acids is 1. The van der Waals surface area contributed by atoms with Gasteiger partial charge in [0.25, 0.3) is 0 Å². The highest BCUT2D eigenvalue weighted by atomic mass is 32.2. The summed E-state index contributed by atoms with van der Waals surface area (Å²) >= 11 is 0. The first-order valence-corrected chi connectivity index (χ1v) is 11.2. The summed E-state index contributed by atoms with van der Waals surface area (Å²) < 4.78 is 53.1. The Bertz CT molecular complexity index is 811. The summed E-state index contributed by atoms with van der Waals surface area (Å²) in [6.45, 7) is 4.46. The molecule has 0 saturated carbocycles. The lowest BCUT2D eigenvalue weighted by Gasteiger charge is -2.38. The third-order valence-corrected chi connectivity index (χ3v) is 7.53. The van der Waals surface area contributed by atoms with Crippen LogP contribution in [0.15, 0.2) is 23.1 Å². The Kier molecular flexibility index (Phi) is 6.67. The molecule has 2 heterocycles. The van der Waals surface area contributed by atoms with E-state index in [1.165, 1.54) is 4.31 Å². The van der Waals surface area contributed by atoms with Gasteiger partial charge in [0.1, 0.15) is 0 Å². The Morgan fingerprint density at radius 1 is 1.07 bits per heavy atom. The van der Waals surface area contributed by atoms with Gasteiger partial charge in [-0.3, -0.25) is 9.69 Å². The predicted molar refractivity (Wildman–Crippen MR) is 101 cm³/mol. The molecule has 2 aliphatic heterocycles. The van der Waals surface area contributed by atoms with Crippen LogP contribution < -0.4 is 0 Å². The maximum atomic E-state index is 13.4. The van der Waals surface area contributed by atoms with Gasteiger partial charge in [-0.05, 0) is 43.9 Å². The van der Waals surface area contributed by atoms with Gasteiger partial charge >= 0.3 is 0 Å². The van der Waals surface area contributed by atoms with Crippen molar-refractivity contribution in [3.05, 3.63) is 29.8 Å². The van der Waals surface area contributed by atoms with Crippen LogP contribution in [0.4, 0.5) is 8.78 Å². The standard InChI is InChI=1S/C19H27F2N3O3S/c1-2-15-5-3-4-8-24(15)19(25)14-22-9-11-23(12-10-22)28(26,27)16-6-7-17(20)18(21)13-16/h6-7,13,15H,2-5,8-12,14H2,1H3. The summed E-state index contributed by atoms with van der Waals surface area (Å²) in [5, 5.41) is 0. The molecule has 0 spiro atoms. The second kappa shape index (κ2) is 8.84. The predicted octanol–water partition coefficient (Wildman–Crippen LogP) is 2.06. The Hall–Kier alpha value is -1.58. The fraction of sp³-hybridized carbons (Fsp3) is 0.632. The van der Waals surface area contributed by atoms with Crippen LogP contribution in [0, 0.1) is 11.6 Å². The fourth-order valence-electron chi connectivity index (χ4n) is 3.95. The molecule has 0 radical (unpaired) electrons. The first-order valence-electron chi connectivity index (χ1n) is 9.80. The quantitative estimate of drug-likeness (QED) is 0.739. The number of sulfonamides is 1. The molecule has 1 unspecified atom stereocenters. The summed E-state index contributed by atoms with van der Waals surface area (Å²) in [5.74, 6) is -2.16. The van der Waals surface area contributed by atoms with Crippen molar-refractivity contribution >= 4 is 15.9 Å². The Morgan fingerprint density at radius 3 is 2.43 bits per heavy atom. The van der Waals surface area contributed by atoms with Crippen LogP contribution in [-0.2, 0) is 14.8 Å². The number of halogens is 2. The zero-order chi connectivity index (χ0) is 20.3. The second-order valence-electron chi connectivity index (χ2n) is 7.40. The van der Waals surface area contributed by atoms with Gasteiger partial charge in [-0.25, -0.2) is 17.2 Å². The summed E-state index contributed by atoms with van der Waals surface area (Å²) in [7, 11) is -3.88. The highest BCUT2D eigenvalue weighted by molar-refractivity contribution is 7.89. The van der Waals surface area contributed by atoms with Gasteiger partial charge < -0.3 is 4.90 Å². The van der Waals surface area contributed by atoms with E-state index in [1.807, 2.05) is 9.80 Å². The summed E-state index contributed by atoms with van der Waals surface area (Å²) in [6, 6.07) is 2.91. The molecule has 0 aromatic heterocycles. The maximum absolute atomic E-state index is 13.4. The van der Waals surface area contributed by atoms with E-state index >= 15 is 0 Å². The molecule has 28 heavy (non-hydrogen) atoms. The van der Waals surface area contributed by atoms with E-state index in [0.29, 0.717) is 25.2 Å². The Labute approximate surface area is 165 Å². The van der Waals surface area contributed by atoms with E-state index in [0.717, 1.165) is 44.4 Å². The summed E-state index contributed by atoms with van der Waals surface area (Å²) in [5.41, 5.74) is 0. The molecule has 2 aliphatic rings. The average molecular weight is 416 g/mol. The minimum Gasteiger partial charge on any atom is -0.339 e. The molecular weight excluding hydrogens is 388 g/mol. The van der Waals surface area contributed by atoms with Gasteiger partial charge in [0, 0.05) is 38.8 Å². The molecule has 1 amide bonds. The highest BCUT2D eigenvalue weighted by Crippen LogP contribution is 2.22. The molecule has 156 valence electrons. The second-order valence-corrected chi connectivity index (χ2v) is 9.34. The van der Waals surface area contributed by atoms with Gasteiger partial charge in [-0.15, -0.1) is 0 Å². The number of piperidine rings is 1. The minimum absolute atomic E-state index is 0.100. The number of likely N-dealkylation sites (tertiary alicyclic amines) is 1. The monoisotopic (exact) mass is 415 g/mol. The zero-order valence-corrected chi connectivity index (χ0v) is 16.9. The molecule has 0 N–H and O–H groups in total. The van der Waals surface area contributed by atoms with Gasteiger partial charge in [0.05, 0.1) is 11.4 Å². The molecule has 6 nitrogen and oxygen atoms in total. The van der Waals surface area contributed by atoms with Crippen molar-refractivity contribution in [3.63, 3.8) is 0 Å². The number of carbonyl (C=O) groups is 1. The lowest BCUT2D eigenvalue weighted by molar-refractivity contribution is -0.136. The molecule has 9 heteroatoms. The van der Waals surface area contributed by atoms with Gasteiger partial charge in [0.2, 0.25) is 15.9 Å². The Morgan fingerprint density at radius 2 is 1.79 bits per heavy atom. The van der Waals surface area contributed by atoms with Crippen molar-refractivity contribution in [3.8, 4) is 0 Å². The van der Waals surface area contributed by atoms with Gasteiger partial charge in [-0.1, -0.05) is 6.92 Å². The molecule has 2 fully saturated rings. The molecule has 0 aliphatic carbocycles. The first-order chi connectivity index (χ1) is 13.3. The van der Waals surface area contributed by atoms with Gasteiger partial charge in [-0.2, -0.15) is 4.31 Å². The van der Waals surface area contributed by atoms with Crippen molar-refractivity contribution in [1.29, 1.82) is 0 Å². The van der Waals surface area contributed by atoms with Crippen LogP contribution >= 0.6 is 0 Å². The van der Waals surface area contributed by atoms with E-state index in [-0.39, 0.29) is 30.4 Å². The van der Waals surface area contributed by atoms with Crippen molar-refractivity contribution < 1.29 is 22.0 Å². The number of hydrogen-bond donors (Lipinski definition) is 0. The molecule has 3 rings (SSSR count). The lowest BCUT2D eigenvalue weighted by atomic mass is 10.00. The van der Waals surface area contributed by atoms with E-state index < -0.39 is 21.7 Å². The summed E-state index contributed by atoms with van der Waals surface area (Å²) in [6.07, 6.45) is 4.18. The van der Waals surface area contributed by atoms with E-state index in [1.54, 1.807) is 0 Å². The van der Waals surface area contributed by atoms with Crippen molar-refractivity contribution in [1.82, 2.24) is 14.1 Å². The van der Waals surface area contributed by atoms with Crippen LogP contribution in [0.2, 0.25) is 0 Å². The molecule has 1 atom stereocenters. The number of amides is 1. The average Bonchev–Trinajstić information content (AvgIpc) is 2.70. The van der Waals surface area contributed by atoms with Crippen LogP contribution in [0.3, 0.4) is 0 Å². The highest BCUT2D eigenvalue weighted by Gasteiger charge is 2.31. The van der Waals surface area contributed by atoms with E-state index in [9.17, 15) is 22.0 Å². The van der Waals surface area contributed by atoms with Crippen LogP contribution in [0.1, 0.15) is 32.6 Å². The number of benzene rings is 1. The largest absolute Gasteiger partial charge is 0.339 e. The SMILES string of the molecule is CCC1CCCCN1C(=O)CN1CCN(S(=O)(=O)c2ccc(F)c(F)c2)CC1. The molecule has 1 aromatic rings. The molecule has 2 saturated heterocycles. The molecular formula is C19H27F2N3O3S. The third-order valence-electron chi connectivity index (χ3n) is 5.64. The van der Waals surface area contributed by atoms with E-state index in [4.69, 9.17) is 0 Å². The lowest BCUT2D eigenvalue weighted by Crippen LogP contribution is -2.53. The van der Waals surface area contributed by atoms with Crippen molar-refractivity contribution in [2.45, 2.75) is 43.5 Å². The van der Waals surface area contributed by atoms with Crippen molar-refractivity contribution in [2.75, 3.05) is 39.3 Å². The normalized spacial score (nSPS) is 22.4. The number of nitrogens with zero attached hydrogens (tertiary/aromatic N) is 3. The molecule has 0 bridgehead atoms. The smallest absolute Gasteiger partial charge is 0.243 e. The van der Waals surface area contributed by atoms with Crippen molar-refractivity contribution in [2.24, 2.45) is 0 Å². The van der Waals surface area contributed by atoms with Crippen LogP contribution in [-0.4, -0.2) is 73.7 Å². The third kappa shape index (κ3) is 4.52. The zero-order valence-electron chi connectivity index (χ0n) is 16.1. The van der Waals surface area contributed by atoms with Crippen LogP contribution in [0.25, 0.3) is 0 Å². The number of rotatable bonds is 5. The fourth-order valence-corrected chi connectivity index (χ4v) is 5.38. The topological polar surface area (TPSA) is 60.9 Å². The van der Waals surface area contributed by atoms with Gasteiger partial charge in [0.15, 0.2) is 11.6 Å². The minimum atomic E-state index is -3.88. The maximum Gasteiger partial charge on any atom is 0.243 e. The number of hydrogen-bond acceptors (Lipinski definition) is 4. The first kappa shape index (κ1) is 21.1. The Balaban J connectivity index is 1.58. The van der Waals surface area contributed by atoms with E-state index in [2.05, 4.69) is 6.92 Å². The molecule has 1 aromatic carbocycles. The van der Waals surface area contributed by atoms with Crippen LogP contribution in [0.5, 0.6) is 0 Å². The summed E-state index contributed by atoms with van der Waals surface area (Å²) in [4.78, 5) is 16.4.